The highest BCUT2D eigenvalue weighted by molar-refractivity contribution is 7.47. The molecule has 0 aliphatic heterocycles. The summed E-state index contributed by atoms with van der Waals surface area (Å²) in [4.78, 5) is 72.6. The zero-order valence-electron chi connectivity index (χ0n) is 58.4. The summed E-state index contributed by atoms with van der Waals surface area (Å²) in [6.45, 7) is 9.55. The fraction of sp³-hybridized carbons (Fsp3) is 0.944. The molecule has 0 heterocycles. The first-order chi connectivity index (χ1) is 43.4. The second-order valence-electron chi connectivity index (χ2n) is 26.6. The number of aliphatic hydroxyl groups excluding tert-OH is 1. The Hall–Kier alpha value is -1.94. The molecule has 2 unspecified atom stereocenters. The normalized spacial score (nSPS) is 14.1. The van der Waals surface area contributed by atoms with Crippen molar-refractivity contribution in [1.82, 2.24) is 0 Å². The first-order valence-electron chi connectivity index (χ1n) is 37.0. The molecule has 3 N–H and O–H groups in total. The molecule has 0 aliphatic rings. The van der Waals surface area contributed by atoms with Gasteiger partial charge in [0.25, 0.3) is 0 Å². The van der Waals surface area contributed by atoms with Gasteiger partial charge in [-0.25, -0.2) is 9.13 Å². The minimum Gasteiger partial charge on any atom is -0.462 e. The van der Waals surface area contributed by atoms with Crippen LogP contribution in [0.3, 0.4) is 0 Å². The van der Waals surface area contributed by atoms with Crippen LogP contribution in [0, 0.1) is 11.8 Å². The van der Waals surface area contributed by atoms with Gasteiger partial charge in [-0.15, -0.1) is 0 Å². The predicted molar refractivity (Wildman–Crippen MR) is 363 cm³/mol. The largest absolute Gasteiger partial charge is 0.472 e. The van der Waals surface area contributed by atoms with Gasteiger partial charge in [0.15, 0.2) is 12.2 Å². The van der Waals surface area contributed by atoms with Crippen molar-refractivity contribution in [2.75, 3.05) is 39.6 Å². The van der Waals surface area contributed by atoms with Crippen LogP contribution in [0.2, 0.25) is 0 Å². The zero-order chi connectivity index (χ0) is 66.5. The number of hydrogen-bond donors (Lipinski definition) is 3. The average molecular weight is 1330 g/mol. The van der Waals surface area contributed by atoms with Gasteiger partial charge in [0.2, 0.25) is 0 Å². The van der Waals surface area contributed by atoms with Crippen LogP contribution in [0.25, 0.3) is 0 Å². The number of hydrogen-bond acceptors (Lipinski definition) is 15. The van der Waals surface area contributed by atoms with Crippen molar-refractivity contribution < 1.29 is 80.2 Å². The standard InChI is InChI=1S/C71H138O17P2/c1-7-9-11-13-15-17-19-20-23-31-37-43-49-55-70(75)87-66(59-81-68(73)53-47-41-35-29-18-16-14-12-10-8-2)61-85-89(77,78)83-57-65(72)58-84-90(79,80)86-62-67(60-82-69(74)54-48-42-36-30-26-25-28-34-40-46-52-64(5)6)88-71(76)56-50-44-38-32-24-21-22-27-33-39-45-51-63(3)4/h63-67,72H,7-62H2,1-6H3,(H,77,78)(H,79,80)/t65-,66+,67+/m0/s1. The van der Waals surface area contributed by atoms with Crippen LogP contribution in [0.5, 0.6) is 0 Å². The molecule has 0 saturated carbocycles. The van der Waals surface area contributed by atoms with Gasteiger partial charge in [-0.2, -0.15) is 0 Å². The number of unbranched alkanes of at least 4 members (excludes halogenated alkanes) is 40. The van der Waals surface area contributed by atoms with Gasteiger partial charge in [0, 0.05) is 25.7 Å². The Kier molecular flexibility index (Phi) is 61.8. The number of aliphatic hydroxyl groups is 1. The van der Waals surface area contributed by atoms with E-state index in [9.17, 15) is 43.2 Å². The van der Waals surface area contributed by atoms with E-state index >= 15 is 0 Å². The highest BCUT2D eigenvalue weighted by Crippen LogP contribution is 2.45. The number of carbonyl (C=O) groups excluding carboxylic acids is 4. The minimum absolute atomic E-state index is 0.106. The van der Waals surface area contributed by atoms with Gasteiger partial charge < -0.3 is 33.8 Å². The Labute approximate surface area is 549 Å². The van der Waals surface area contributed by atoms with Crippen molar-refractivity contribution in [2.24, 2.45) is 11.8 Å². The average Bonchev–Trinajstić information content (AvgIpc) is 2.94. The Morgan fingerprint density at radius 2 is 0.511 bits per heavy atom. The van der Waals surface area contributed by atoms with E-state index in [1.807, 2.05) is 0 Å². The fourth-order valence-corrected chi connectivity index (χ4v) is 12.3. The molecule has 90 heavy (non-hydrogen) atoms. The summed E-state index contributed by atoms with van der Waals surface area (Å²) in [5.74, 6) is -0.597. The molecule has 0 rings (SSSR count). The molecule has 0 radical (unpaired) electrons. The third-order valence-electron chi connectivity index (χ3n) is 16.5. The molecule has 5 atom stereocenters. The van der Waals surface area contributed by atoms with Crippen LogP contribution in [-0.2, 0) is 65.4 Å². The van der Waals surface area contributed by atoms with E-state index < -0.39 is 97.5 Å². The SMILES string of the molecule is CCCCCCCCCCCCCCCC(=O)O[C@H](COC(=O)CCCCCCCCCCCC)COP(=O)(O)OC[C@H](O)COP(=O)(O)OC[C@@H](COC(=O)CCCCCCCCCCCCC(C)C)OC(=O)CCCCCCCCCCCCCC(C)C. The molecule has 0 aromatic heterocycles. The first-order valence-corrected chi connectivity index (χ1v) is 40.0. The van der Waals surface area contributed by atoms with E-state index in [-0.39, 0.29) is 25.7 Å². The Morgan fingerprint density at radius 3 is 0.756 bits per heavy atom. The molecular weight excluding hydrogens is 1190 g/mol. The van der Waals surface area contributed by atoms with Crippen molar-refractivity contribution in [3.05, 3.63) is 0 Å². The summed E-state index contributed by atoms with van der Waals surface area (Å²) in [7, 11) is -9.90. The van der Waals surface area contributed by atoms with Crippen molar-refractivity contribution in [1.29, 1.82) is 0 Å². The monoisotopic (exact) mass is 1320 g/mol. The van der Waals surface area contributed by atoms with Crippen LogP contribution < -0.4 is 0 Å². The van der Waals surface area contributed by atoms with Crippen molar-refractivity contribution in [3.63, 3.8) is 0 Å². The van der Waals surface area contributed by atoms with E-state index in [1.165, 1.54) is 180 Å². The van der Waals surface area contributed by atoms with E-state index in [1.54, 1.807) is 0 Å². The molecule has 0 aromatic rings. The number of phosphoric acid groups is 2. The first kappa shape index (κ1) is 88.1. The topological polar surface area (TPSA) is 237 Å². The lowest BCUT2D eigenvalue weighted by Crippen LogP contribution is -2.30. The molecule has 19 heteroatoms. The molecular formula is C71H138O17P2. The summed E-state index contributed by atoms with van der Waals surface area (Å²) in [6.07, 6.45) is 48.4. The Bertz CT molecular complexity index is 1750. The van der Waals surface area contributed by atoms with Gasteiger partial charge in [-0.1, -0.05) is 311 Å². The number of carbonyl (C=O) groups is 4. The highest BCUT2D eigenvalue weighted by atomic mass is 31.2. The molecule has 0 bridgehead atoms. The molecule has 534 valence electrons. The van der Waals surface area contributed by atoms with Crippen molar-refractivity contribution >= 4 is 39.5 Å². The van der Waals surface area contributed by atoms with E-state index in [0.29, 0.717) is 25.7 Å². The minimum atomic E-state index is -4.95. The van der Waals surface area contributed by atoms with E-state index in [2.05, 4.69) is 41.5 Å². The maximum Gasteiger partial charge on any atom is 0.472 e. The maximum absolute atomic E-state index is 13.0. The number of ether oxygens (including phenoxy) is 4. The molecule has 0 aliphatic carbocycles. The molecule has 0 spiro atoms. The van der Waals surface area contributed by atoms with Crippen LogP contribution in [0.15, 0.2) is 0 Å². The smallest absolute Gasteiger partial charge is 0.462 e. The van der Waals surface area contributed by atoms with Crippen LogP contribution in [0.1, 0.15) is 363 Å². The second-order valence-corrected chi connectivity index (χ2v) is 29.5. The summed E-state index contributed by atoms with van der Waals surface area (Å²) in [5, 5.41) is 10.6. The van der Waals surface area contributed by atoms with Crippen LogP contribution in [-0.4, -0.2) is 96.7 Å². The highest BCUT2D eigenvalue weighted by Gasteiger charge is 2.30. The van der Waals surface area contributed by atoms with Crippen molar-refractivity contribution in [3.8, 4) is 0 Å². The van der Waals surface area contributed by atoms with Gasteiger partial charge in [-0.05, 0) is 37.5 Å². The van der Waals surface area contributed by atoms with E-state index in [4.69, 9.17) is 37.0 Å². The predicted octanol–water partition coefficient (Wildman–Crippen LogP) is 20.4. The number of rotatable bonds is 70. The fourth-order valence-electron chi connectivity index (χ4n) is 10.8. The third-order valence-corrected chi connectivity index (χ3v) is 18.4. The summed E-state index contributed by atoms with van der Waals surface area (Å²) >= 11 is 0. The lowest BCUT2D eigenvalue weighted by atomic mass is 10.0. The summed E-state index contributed by atoms with van der Waals surface area (Å²) in [5.41, 5.74) is 0. The Morgan fingerprint density at radius 1 is 0.300 bits per heavy atom. The lowest BCUT2D eigenvalue weighted by Gasteiger charge is -2.21. The molecule has 17 nitrogen and oxygen atoms in total. The van der Waals surface area contributed by atoms with Gasteiger partial charge in [0.05, 0.1) is 26.4 Å². The number of phosphoric ester groups is 2. The summed E-state index contributed by atoms with van der Waals surface area (Å²) < 4.78 is 68.3. The van der Waals surface area contributed by atoms with Crippen molar-refractivity contribution in [2.45, 2.75) is 381 Å². The van der Waals surface area contributed by atoms with Gasteiger partial charge >= 0.3 is 39.5 Å². The van der Waals surface area contributed by atoms with Gasteiger partial charge in [-0.3, -0.25) is 37.3 Å². The van der Waals surface area contributed by atoms with E-state index in [0.717, 1.165) is 102 Å². The maximum atomic E-state index is 13.0. The lowest BCUT2D eigenvalue weighted by molar-refractivity contribution is -0.161. The Balaban J connectivity index is 5.25. The molecule has 0 saturated heterocycles. The zero-order valence-corrected chi connectivity index (χ0v) is 60.2. The van der Waals surface area contributed by atoms with Crippen LogP contribution in [0.4, 0.5) is 0 Å². The molecule has 0 amide bonds. The van der Waals surface area contributed by atoms with Crippen LogP contribution >= 0.6 is 15.6 Å². The quantitative estimate of drug-likeness (QED) is 0.0222. The molecule has 0 aromatic carbocycles. The number of esters is 4. The van der Waals surface area contributed by atoms with Gasteiger partial charge in [0.1, 0.15) is 19.3 Å². The second kappa shape index (κ2) is 63.1. The molecule has 0 fully saturated rings. The summed E-state index contributed by atoms with van der Waals surface area (Å²) in [6, 6.07) is 0. The third kappa shape index (κ3) is 64.8.